The van der Waals surface area contributed by atoms with Gasteiger partial charge >= 0.3 is 6.09 Å². The normalized spacial score (nSPS) is 19.5. The van der Waals surface area contributed by atoms with Crippen molar-refractivity contribution in [2.24, 2.45) is 0 Å². The van der Waals surface area contributed by atoms with Gasteiger partial charge in [-0.2, -0.15) is 0 Å². The topological polar surface area (TPSA) is 53.8 Å². The number of ether oxygens (including phenoxy) is 1. The predicted molar refractivity (Wildman–Crippen MR) is 133 cm³/mol. The van der Waals surface area contributed by atoms with Crippen LogP contribution < -0.4 is 4.90 Å². The highest BCUT2D eigenvalue weighted by atomic mass is 16.6. The van der Waals surface area contributed by atoms with Crippen molar-refractivity contribution in [3.05, 3.63) is 59.9 Å². The summed E-state index contributed by atoms with van der Waals surface area (Å²) in [5.41, 5.74) is 4.54. The molecule has 1 saturated heterocycles. The molecule has 0 unspecified atom stereocenters. The summed E-state index contributed by atoms with van der Waals surface area (Å²) in [6, 6.07) is 17.3. The summed E-state index contributed by atoms with van der Waals surface area (Å²) in [6.45, 7) is 6.55. The number of piperazine rings is 1. The van der Waals surface area contributed by atoms with E-state index in [4.69, 9.17) is 9.72 Å². The summed E-state index contributed by atoms with van der Waals surface area (Å²) in [6.07, 6.45) is 4.92. The second-order valence-corrected chi connectivity index (χ2v) is 9.74. The minimum atomic E-state index is -0.229. The monoisotopic (exact) mass is 459 g/mol. The van der Waals surface area contributed by atoms with E-state index in [1.165, 1.54) is 36.3 Å². The van der Waals surface area contributed by atoms with Crippen LogP contribution in [0.15, 0.2) is 48.5 Å². The summed E-state index contributed by atoms with van der Waals surface area (Å²) in [5.74, 6) is 1.22. The highest BCUT2D eigenvalue weighted by molar-refractivity contribution is 5.81. The molecule has 3 heterocycles. The maximum atomic E-state index is 12.5. The highest BCUT2D eigenvalue weighted by Crippen LogP contribution is 2.29. The first-order valence-electron chi connectivity index (χ1n) is 12.7. The molecule has 7 nitrogen and oxygen atoms in total. The lowest BCUT2D eigenvalue weighted by molar-refractivity contribution is 0.0942. The molecule has 1 aromatic heterocycles. The van der Waals surface area contributed by atoms with E-state index in [0.717, 1.165) is 56.3 Å². The summed E-state index contributed by atoms with van der Waals surface area (Å²) in [4.78, 5) is 24.3. The minimum absolute atomic E-state index is 0.229. The number of hydrogen-bond acceptors (Lipinski definition) is 5. The predicted octanol–water partition coefficient (Wildman–Crippen LogP) is 3.91. The molecule has 34 heavy (non-hydrogen) atoms. The standard InChI is InChI=1S/C27H33N5O2/c33-27(34-20-21-5-2-1-3-6-21)31-15-13-30(14-16-31)23-9-10-25-24(19-23)28-26-11-12-29(17-18-32(25)26)22-7-4-8-22/h1-3,5-6,9-10,19,22H,4,7-8,11-18,20H2. The fourth-order valence-corrected chi connectivity index (χ4v) is 5.46. The van der Waals surface area contributed by atoms with Gasteiger partial charge < -0.3 is 19.1 Å². The van der Waals surface area contributed by atoms with Gasteiger partial charge in [0.25, 0.3) is 0 Å². The molecule has 3 aliphatic rings. The lowest BCUT2D eigenvalue weighted by atomic mass is 9.91. The molecule has 1 aliphatic carbocycles. The van der Waals surface area contributed by atoms with Crippen molar-refractivity contribution in [1.29, 1.82) is 0 Å². The van der Waals surface area contributed by atoms with Crippen LogP contribution >= 0.6 is 0 Å². The Labute approximate surface area is 200 Å². The van der Waals surface area contributed by atoms with Crippen LogP contribution in [0.2, 0.25) is 0 Å². The molecule has 2 aliphatic heterocycles. The van der Waals surface area contributed by atoms with Crippen molar-refractivity contribution in [2.45, 2.75) is 44.9 Å². The molecule has 178 valence electrons. The van der Waals surface area contributed by atoms with Gasteiger partial charge in [-0.3, -0.25) is 4.90 Å². The van der Waals surface area contributed by atoms with Crippen LogP contribution in [-0.2, 0) is 24.3 Å². The summed E-state index contributed by atoms with van der Waals surface area (Å²) >= 11 is 0. The van der Waals surface area contributed by atoms with E-state index in [2.05, 4.69) is 32.6 Å². The van der Waals surface area contributed by atoms with E-state index < -0.39 is 0 Å². The zero-order valence-corrected chi connectivity index (χ0v) is 19.7. The van der Waals surface area contributed by atoms with Crippen LogP contribution in [0.1, 0.15) is 30.7 Å². The van der Waals surface area contributed by atoms with Crippen LogP contribution in [0.4, 0.5) is 10.5 Å². The van der Waals surface area contributed by atoms with Gasteiger partial charge in [-0.15, -0.1) is 0 Å². The van der Waals surface area contributed by atoms with E-state index in [-0.39, 0.29) is 6.09 Å². The number of carbonyl (C=O) groups is 1. The molecule has 7 heteroatoms. The minimum Gasteiger partial charge on any atom is -0.445 e. The van der Waals surface area contributed by atoms with E-state index in [9.17, 15) is 4.79 Å². The van der Waals surface area contributed by atoms with E-state index in [1.807, 2.05) is 35.2 Å². The van der Waals surface area contributed by atoms with E-state index >= 15 is 0 Å². The molecule has 0 bridgehead atoms. The summed E-state index contributed by atoms with van der Waals surface area (Å²) < 4.78 is 7.94. The first-order valence-corrected chi connectivity index (χ1v) is 12.7. The van der Waals surface area contributed by atoms with Crippen LogP contribution in [-0.4, -0.2) is 70.8 Å². The smallest absolute Gasteiger partial charge is 0.410 e. The Bertz CT molecular complexity index is 1150. The third-order valence-corrected chi connectivity index (χ3v) is 7.74. The maximum Gasteiger partial charge on any atom is 0.410 e. The van der Waals surface area contributed by atoms with Gasteiger partial charge in [0.15, 0.2) is 0 Å². The Kier molecular flexibility index (Phi) is 5.87. The number of hydrogen-bond donors (Lipinski definition) is 0. The quantitative estimate of drug-likeness (QED) is 0.592. The Morgan fingerprint density at radius 1 is 0.941 bits per heavy atom. The number of aromatic nitrogens is 2. The molecule has 0 spiro atoms. The Morgan fingerprint density at radius 3 is 2.53 bits per heavy atom. The third-order valence-electron chi connectivity index (χ3n) is 7.74. The molecule has 1 amide bonds. The number of fused-ring (bicyclic) bond motifs is 3. The number of imidazole rings is 1. The Balaban J connectivity index is 1.07. The zero-order valence-electron chi connectivity index (χ0n) is 19.7. The molecular formula is C27H33N5O2. The van der Waals surface area contributed by atoms with Gasteiger partial charge in [-0.1, -0.05) is 36.8 Å². The molecule has 0 N–H and O–H groups in total. The molecule has 6 rings (SSSR count). The first kappa shape index (κ1) is 21.5. The zero-order chi connectivity index (χ0) is 22.9. The summed E-state index contributed by atoms with van der Waals surface area (Å²) in [5, 5.41) is 0. The highest BCUT2D eigenvalue weighted by Gasteiger charge is 2.28. The van der Waals surface area contributed by atoms with Crippen molar-refractivity contribution >= 4 is 22.8 Å². The fourth-order valence-electron chi connectivity index (χ4n) is 5.46. The average Bonchev–Trinajstić information content (AvgIpc) is 3.08. The van der Waals surface area contributed by atoms with Gasteiger partial charge in [0.1, 0.15) is 12.4 Å². The molecule has 3 aromatic rings. The van der Waals surface area contributed by atoms with Crippen LogP contribution in [0.25, 0.3) is 11.0 Å². The molecule has 0 radical (unpaired) electrons. The van der Waals surface area contributed by atoms with Crippen molar-refractivity contribution in [3.63, 3.8) is 0 Å². The third kappa shape index (κ3) is 4.25. The van der Waals surface area contributed by atoms with Gasteiger partial charge in [-0.05, 0) is 36.6 Å². The molecule has 0 atom stereocenters. The first-order chi connectivity index (χ1) is 16.7. The lowest BCUT2D eigenvalue weighted by Gasteiger charge is -2.36. The SMILES string of the molecule is O=C(OCc1ccccc1)N1CCN(c2ccc3c(c2)nc2n3CCN(C3CCC3)CC2)CC1. The van der Waals surface area contributed by atoms with Crippen molar-refractivity contribution in [1.82, 2.24) is 19.4 Å². The van der Waals surface area contributed by atoms with Crippen LogP contribution in [0.5, 0.6) is 0 Å². The van der Waals surface area contributed by atoms with Crippen LogP contribution in [0, 0.1) is 0 Å². The van der Waals surface area contributed by atoms with E-state index in [1.54, 1.807) is 0 Å². The molecular weight excluding hydrogens is 426 g/mol. The van der Waals surface area contributed by atoms with Gasteiger partial charge in [-0.25, -0.2) is 9.78 Å². The number of rotatable bonds is 4. The van der Waals surface area contributed by atoms with Gasteiger partial charge in [0.2, 0.25) is 0 Å². The molecule has 1 saturated carbocycles. The Morgan fingerprint density at radius 2 is 1.76 bits per heavy atom. The van der Waals surface area contributed by atoms with Crippen molar-refractivity contribution in [2.75, 3.05) is 44.2 Å². The van der Waals surface area contributed by atoms with Gasteiger partial charge in [0.05, 0.1) is 11.0 Å². The Hall–Kier alpha value is -3.06. The maximum absolute atomic E-state index is 12.5. The number of anilines is 1. The second-order valence-electron chi connectivity index (χ2n) is 9.74. The van der Waals surface area contributed by atoms with E-state index in [0.29, 0.717) is 19.7 Å². The van der Waals surface area contributed by atoms with Crippen molar-refractivity contribution in [3.8, 4) is 0 Å². The average molecular weight is 460 g/mol. The second kappa shape index (κ2) is 9.29. The van der Waals surface area contributed by atoms with Gasteiger partial charge in [0, 0.05) is 64.0 Å². The lowest BCUT2D eigenvalue weighted by Crippen LogP contribution is -2.48. The van der Waals surface area contributed by atoms with Crippen molar-refractivity contribution < 1.29 is 9.53 Å². The number of amides is 1. The van der Waals surface area contributed by atoms with Crippen LogP contribution in [0.3, 0.4) is 0 Å². The largest absolute Gasteiger partial charge is 0.445 e. The molecule has 2 fully saturated rings. The number of benzene rings is 2. The summed E-state index contributed by atoms with van der Waals surface area (Å²) in [7, 11) is 0. The number of carbonyl (C=O) groups excluding carboxylic acids is 1. The fraction of sp³-hybridized carbons (Fsp3) is 0.481. The number of nitrogens with zero attached hydrogens (tertiary/aromatic N) is 5. The molecule has 2 aromatic carbocycles.